The van der Waals surface area contributed by atoms with Crippen molar-refractivity contribution in [2.24, 2.45) is 0 Å². The smallest absolute Gasteiger partial charge is 0.322 e. The number of halogens is 1. The highest BCUT2D eigenvalue weighted by molar-refractivity contribution is 7.18. The lowest BCUT2D eigenvalue weighted by Crippen LogP contribution is -2.47. The third-order valence-corrected chi connectivity index (χ3v) is 6.03. The standard InChI is InChI=1S/C19H13FN4O3S/c20-11-6-5-10-8-24(15(25)12(10)7-11)9-19(16(26)22-18(27)23-19)17-21-13-3-1-2-4-14(13)28-17/h1-8,25H,9H2,(H2,22,23,26,27)/t19-/m1/s1. The quantitative estimate of drug-likeness (QED) is 0.464. The van der Waals surface area contributed by atoms with Crippen LogP contribution in [0.5, 0.6) is 5.88 Å². The lowest BCUT2D eigenvalue weighted by atomic mass is 10.0. The molecule has 0 spiro atoms. The molecule has 9 heteroatoms. The predicted molar refractivity (Wildman–Crippen MR) is 102 cm³/mol. The van der Waals surface area contributed by atoms with E-state index in [9.17, 15) is 19.1 Å². The van der Waals surface area contributed by atoms with Crippen LogP contribution in [0.2, 0.25) is 0 Å². The Morgan fingerprint density at radius 3 is 2.79 bits per heavy atom. The van der Waals surface area contributed by atoms with E-state index in [-0.39, 0.29) is 12.4 Å². The van der Waals surface area contributed by atoms with Crippen LogP contribution in [0.25, 0.3) is 21.0 Å². The molecule has 1 atom stereocenters. The number of rotatable bonds is 3. The Labute approximate surface area is 161 Å². The number of aromatic nitrogens is 2. The van der Waals surface area contributed by atoms with Crippen molar-refractivity contribution >= 4 is 44.3 Å². The monoisotopic (exact) mass is 396 g/mol. The molecule has 28 heavy (non-hydrogen) atoms. The van der Waals surface area contributed by atoms with Crippen molar-refractivity contribution in [2.45, 2.75) is 12.1 Å². The zero-order valence-corrected chi connectivity index (χ0v) is 15.1. The van der Waals surface area contributed by atoms with Crippen LogP contribution in [0.1, 0.15) is 5.01 Å². The molecule has 0 unspecified atom stereocenters. The summed E-state index contributed by atoms with van der Waals surface area (Å²) >= 11 is 1.29. The van der Waals surface area contributed by atoms with Crippen molar-refractivity contribution in [3.63, 3.8) is 0 Å². The van der Waals surface area contributed by atoms with Crippen LogP contribution in [-0.4, -0.2) is 26.6 Å². The van der Waals surface area contributed by atoms with Crippen molar-refractivity contribution in [1.82, 2.24) is 20.2 Å². The molecule has 4 aromatic rings. The molecule has 1 fully saturated rings. The van der Waals surface area contributed by atoms with Gasteiger partial charge in [-0.2, -0.15) is 0 Å². The Kier molecular flexibility index (Phi) is 3.44. The van der Waals surface area contributed by atoms with Crippen LogP contribution in [0.15, 0.2) is 48.7 Å². The minimum absolute atomic E-state index is 0.0907. The topological polar surface area (TPSA) is 96.2 Å². The number of imide groups is 1. The summed E-state index contributed by atoms with van der Waals surface area (Å²) in [6.07, 6.45) is 1.61. The maximum Gasteiger partial charge on any atom is 0.322 e. The van der Waals surface area contributed by atoms with E-state index in [1.807, 2.05) is 24.3 Å². The number of hydrogen-bond acceptors (Lipinski definition) is 5. The summed E-state index contributed by atoms with van der Waals surface area (Å²) in [7, 11) is 0. The van der Waals surface area contributed by atoms with Gasteiger partial charge in [-0.1, -0.05) is 12.1 Å². The zero-order valence-electron chi connectivity index (χ0n) is 14.3. The van der Waals surface area contributed by atoms with E-state index in [1.54, 1.807) is 12.3 Å². The van der Waals surface area contributed by atoms with Crippen molar-refractivity contribution in [2.75, 3.05) is 0 Å². The largest absolute Gasteiger partial charge is 0.494 e. The maximum atomic E-state index is 13.6. The molecule has 3 amide bonds. The molecule has 3 heterocycles. The Morgan fingerprint density at radius 1 is 1.21 bits per heavy atom. The van der Waals surface area contributed by atoms with E-state index in [2.05, 4.69) is 15.6 Å². The summed E-state index contributed by atoms with van der Waals surface area (Å²) in [4.78, 5) is 29.3. The molecule has 5 rings (SSSR count). The molecule has 0 saturated carbocycles. The number of hydrogen-bond donors (Lipinski definition) is 3. The van der Waals surface area contributed by atoms with Gasteiger partial charge in [0.05, 0.1) is 16.8 Å². The first-order valence-corrected chi connectivity index (χ1v) is 9.25. The van der Waals surface area contributed by atoms with E-state index < -0.39 is 23.3 Å². The van der Waals surface area contributed by atoms with Crippen LogP contribution in [-0.2, 0) is 16.9 Å². The van der Waals surface area contributed by atoms with Gasteiger partial charge in [-0.3, -0.25) is 10.1 Å². The summed E-state index contributed by atoms with van der Waals surface area (Å²) in [5.74, 6) is -1.22. The Bertz CT molecular complexity index is 1250. The van der Waals surface area contributed by atoms with Crippen LogP contribution >= 0.6 is 11.3 Å². The number of nitrogens with zero attached hydrogens (tertiary/aromatic N) is 2. The Balaban J connectivity index is 1.67. The zero-order chi connectivity index (χ0) is 19.5. The van der Waals surface area contributed by atoms with Gasteiger partial charge in [0.1, 0.15) is 10.8 Å². The van der Waals surface area contributed by atoms with Crippen LogP contribution in [0, 0.1) is 5.82 Å². The maximum absolute atomic E-state index is 13.6. The molecule has 140 valence electrons. The number of benzene rings is 2. The minimum Gasteiger partial charge on any atom is -0.494 e. The van der Waals surface area contributed by atoms with E-state index in [1.165, 1.54) is 28.0 Å². The molecule has 0 bridgehead atoms. The SMILES string of the molecule is O=C1NC(=O)[C@](Cn2cc3ccc(F)cc3c2O)(c2nc3ccccc3s2)N1. The first kappa shape index (κ1) is 16.7. The number of aromatic hydroxyl groups is 1. The summed E-state index contributed by atoms with van der Waals surface area (Å²) in [5.41, 5.74) is -0.772. The van der Waals surface area contributed by atoms with E-state index in [0.29, 0.717) is 21.3 Å². The second-order valence-electron chi connectivity index (χ2n) is 6.61. The van der Waals surface area contributed by atoms with Gasteiger partial charge < -0.3 is 15.0 Å². The second kappa shape index (κ2) is 5.77. The number of thiazole rings is 1. The van der Waals surface area contributed by atoms with Gasteiger partial charge in [0.15, 0.2) is 11.4 Å². The summed E-state index contributed by atoms with van der Waals surface area (Å²) in [5, 5.41) is 16.8. The van der Waals surface area contributed by atoms with E-state index in [4.69, 9.17) is 0 Å². The van der Waals surface area contributed by atoms with Gasteiger partial charge >= 0.3 is 6.03 Å². The van der Waals surface area contributed by atoms with Gasteiger partial charge in [0.25, 0.3) is 5.91 Å². The first-order chi connectivity index (χ1) is 13.5. The molecule has 2 aromatic carbocycles. The number of amides is 3. The average Bonchev–Trinajstić information content (AvgIpc) is 3.31. The third-order valence-electron chi connectivity index (χ3n) is 4.83. The lowest BCUT2D eigenvalue weighted by molar-refractivity contribution is -0.124. The molecule has 1 aliphatic heterocycles. The molecule has 0 radical (unpaired) electrons. The highest BCUT2D eigenvalue weighted by Gasteiger charge is 2.51. The second-order valence-corrected chi connectivity index (χ2v) is 7.64. The van der Waals surface area contributed by atoms with Crippen LogP contribution in [0.3, 0.4) is 0 Å². The van der Waals surface area contributed by atoms with Gasteiger partial charge in [0, 0.05) is 17.0 Å². The van der Waals surface area contributed by atoms with E-state index in [0.717, 1.165) is 4.70 Å². The normalized spacial score (nSPS) is 19.3. The van der Waals surface area contributed by atoms with Crippen molar-refractivity contribution in [1.29, 1.82) is 0 Å². The fraction of sp³-hybridized carbons (Fsp3) is 0.105. The number of fused-ring (bicyclic) bond motifs is 2. The van der Waals surface area contributed by atoms with Crippen molar-refractivity contribution in [3.8, 4) is 5.88 Å². The number of para-hydroxylation sites is 1. The van der Waals surface area contributed by atoms with E-state index >= 15 is 0 Å². The van der Waals surface area contributed by atoms with Crippen molar-refractivity contribution < 1.29 is 19.1 Å². The summed E-state index contributed by atoms with van der Waals surface area (Å²) in [6, 6.07) is 10.8. The molecule has 7 nitrogen and oxygen atoms in total. The molecule has 1 saturated heterocycles. The fourth-order valence-corrected chi connectivity index (χ4v) is 4.57. The minimum atomic E-state index is -1.48. The Hall–Kier alpha value is -3.46. The van der Waals surface area contributed by atoms with Crippen molar-refractivity contribution in [3.05, 3.63) is 59.5 Å². The Morgan fingerprint density at radius 2 is 2.04 bits per heavy atom. The van der Waals surface area contributed by atoms with Crippen LogP contribution in [0.4, 0.5) is 9.18 Å². The molecule has 1 aliphatic rings. The molecule has 0 aliphatic carbocycles. The van der Waals surface area contributed by atoms with Gasteiger partial charge in [-0.15, -0.1) is 11.3 Å². The summed E-state index contributed by atoms with van der Waals surface area (Å²) in [6.45, 7) is -0.0907. The summed E-state index contributed by atoms with van der Waals surface area (Å²) < 4.78 is 15.8. The van der Waals surface area contributed by atoms with Gasteiger partial charge in [-0.05, 0) is 30.3 Å². The highest BCUT2D eigenvalue weighted by atomic mass is 32.1. The fourth-order valence-electron chi connectivity index (χ4n) is 3.47. The first-order valence-electron chi connectivity index (χ1n) is 8.43. The predicted octanol–water partition coefficient (Wildman–Crippen LogP) is 2.83. The number of carbonyl (C=O) groups is 2. The van der Waals surface area contributed by atoms with Gasteiger partial charge in [-0.25, -0.2) is 14.2 Å². The molecule has 2 aromatic heterocycles. The number of nitrogens with one attached hydrogen (secondary N) is 2. The highest BCUT2D eigenvalue weighted by Crippen LogP contribution is 2.36. The van der Waals surface area contributed by atoms with Crippen LogP contribution < -0.4 is 10.6 Å². The number of urea groups is 1. The molecular weight excluding hydrogens is 383 g/mol. The number of carbonyl (C=O) groups excluding carboxylic acids is 2. The third kappa shape index (κ3) is 2.36. The average molecular weight is 396 g/mol. The molecular formula is C19H13FN4O3S. The van der Waals surface area contributed by atoms with Gasteiger partial charge in [0.2, 0.25) is 0 Å². The lowest BCUT2D eigenvalue weighted by Gasteiger charge is -2.24. The molecule has 3 N–H and O–H groups in total.